The van der Waals surface area contributed by atoms with E-state index in [1.54, 1.807) is 11.0 Å². The quantitative estimate of drug-likeness (QED) is 0.681. The van der Waals surface area contributed by atoms with Crippen molar-refractivity contribution in [3.63, 3.8) is 0 Å². The average Bonchev–Trinajstić information content (AvgIpc) is 2.85. The molecule has 0 spiro atoms. The lowest BCUT2D eigenvalue weighted by Gasteiger charge is -2.39. The van der Waals surface area contributed by atoms with E-state index in [0.717, 1.165) is 12.1 Å². The number of hydrogen-bond acceptors (Lipinski definition) is 3. The van der Waals surface area contributed by atoms with Gasteiger partial charge in [-0.2, -0.15) is 13.2 Å². The molecule has 0 bridgehead atoms. The van der Waals surface area contributed by atoms with E-state index in [4.69, 9.17) is 4.74 Å². The van der Waals surface area contributed by atoms with Gasteiger partial charge < -0.3 is 20.3 Å². The SMILES string of the molecule is O=C(Nc1ccccc1)N1CCC(NC(=O)C2(c3cccc(C(F)(F)F)c3)CCOCC2)CC1. The van der Waals surface area contributed by atoms with Gasteiger partial charge in [-0.1, -0.05) is 36.4 Å². The molecule has 4 rings (SSSR count). The van der Waals surface area contributed by atoms with Crippen molar-refractivity contribution in [3.05, 3.63) is 65.7 Å². The van der Waals surface area contributed by atoms with Gasteiger partial charge in [0.25, 0.3) is 0 Å². The van der Waals surface area contributed by atoms with Crippen LogP contribution >= 0.6 is 0 Å². The third kappa shape index (κ3) is 5.35. The molecule has 2 aromatic carbocycles. The number of benzene rings is 2. The second-order valence-corrected chi connectivity index (χ2v) is 8.80. The monoisotopic (exact) mass is 475 g/mol. The summed E-state index contributed by atoms with van der Waals surface area (Å²) in [6.07, 6.45) is -2.70. The van der Waals surface area contributed by atoms with E-state index in [1.807, 2.05) is 30.3 Å². The minimum Gasteiger partial charge on any atom is -0.381 e. The summed E-state index contributed by atoms with van der Waals surface area (Å²) in [5.74, 6) is -0.276. The third-order valence-corrected chi connectivity index (χ3v) is 6.67. The Bertz CT molecular complexity index is 999. The van der Waals surface area contributed by atoms with Gasteiger partial charge in [0.05, 0.1) is 11.0 Å². The number of piperidine rings is 1. The summed E-state index contributed by atoms with van der Waals surface area (Å²) in [6.45, 7) is 1.57. The van der Waals surface area contributed by atoms with Crippen LogP contribution < -0.4 is 10.6 Å². The molecule has 182 valence electrons. The summed E-state index contributed by atoms with van der Waals surface area (Å²) in [4.78, 5) is 27.7. The van der Waals surface area contributed by atoms with Crippen LogP contribution in [0.25, 0.3) is 0 Å². The first-order valence-corrected chi connectivity index (χ1v) is 11.5. The van der Waals surface area contributed by atoms with Gasteiger partial charge in [-0.05, 0) is 49.4 Å². The van der Waals surface area contributed by atoms with Crippen LogP contribution in [0.2, 0.25) is 0 Å². The van der Waals surface area contributed by atoms with Crippen LogP contribution in [-0.4, -0.2) is 49.2 Å². The number of rotatable bonds is 4. The maximum Gasteiger partial charge on any atom is 0.416 e. The van der Waals surface area contributed by atoms with E-state index in [-0.39, 0.29) is 18.0 Å². The molecule has 2 heterocycles. The first-order valence-electron chi connectivity index (χ1n) is 11.5. The highest BCUT2D eigenvalue weighted by Crippen LogP contribution is 2.38. The number of anilines is 1. The maximum absolute atomic E-state index is 13.5. The Morgan fingerprint density at radius 2 is 1.65 bits per heavy atom. The second kappa shape index (κ2) is 10.0. The highest BCUT2D eigenvalue weighted by Gasteiger charge is 2.44. The van der Waals surface area contributed by atoms with Gasteiger partial charge in [-0.3, -0.25) is 4.79 Å². The average molecular weight is 476 g/mol. The fourth-order valence-corrected chi connectivity index (χ4v) is 4.63. The molecule has 9 heteroatoms. The molecule has 0 saturated carbocycles. The molecule has 0 atom stereocenters. The Morgan fingerprint density at radius 3 is 2.29 bits per heavy atom. The smallest absolute Gasteiger partial charge is 0.381 e. The lowest BCUT2D eigenvalue weighted by atomic mass is 9.72. The fraction of sp³-hybridized carbons (Fsp3) is 0.440. The van der Waals surface area contributed by atoms with Crippen molar-refractivity contribution in [3.8, 4) is 0 Å². The molecule has 2 fully saturated rings. The zero-order valence-corrected chi connectivity index (χ0v) is 18.7. The second-order valence-electron chi connectivity index (χ2n) is 8.80. The van der Waals surface area contributed by atoms with Crippen molar-refractivity contribution in [1.29, 1.82) is 0 Å². The molecule has 0 aromatic heterocycles. The highest BCUT2D eigenvalue weighted by atomic mass is 19.4. The molecule has 2 aromatic rings. The summed E-state index contributed by atoms with van der Waals surface area (Å²) in [7, 11) is 0. The summed E-state index contributed by atoms with van der Waals surface area (Å²) in [6, 6.07) is 13.9. The normalized spacial score (nSPS) is 18.9. The number of nitrogens with one attached hydrogen (secondary N) is 2. The molecule has 0 aliphatic carbocycles. The van der Waals surface area contributed by atoms with E-state index in [9.17, 15) is 22.8 Å². The van der Waals surface area contributed by atoms with Crippen LogP contribution in [0.15, 0.2) is 54.6 Å². The first-order chi connectivity index (χ1) is 16.3. The van der Waals surface area contributed by atoms with E-state index >= 15 is 0 Å². The summed E-state index contributed by atoms with van der Waals surface area (Å²) < 4.78 is 45.4. The van der Waals surface area contributed by atoms with Crippen LogP contribution in [0.1, 0.15) is 36.8 Å². The van der Waals surface area contributed by atoms with Gasteiger partial charge >= 0.3 is 12.2 Å². The Kier molecular flexibility index (Phi) is 7.11. The molecular formula is C25H28F3N3O3. The summed E-state index contributed by atoms with van der Waals surface area (Å²) >= 11 is 0. The third-order valence-electron chi connectivity index (χ3n) is 6.67. The van der Waals surface area contributed by atoms with E-state index in [0.29, 0.717) is 63.2 Å². The Labute approximate surface area is 196 Å². The number of halogens is 3. The van der Waals surface area contributed by atoms with Crippen molar-refractivity contribution >= 4 is 17.6 Å². The van der Waals surface area contributed by atoms with Crippen molar-refractivity contribution in [2.24, 2.45) is 0 Å². The van der Waals surface area contributed by atoms with Gasteiger partial charge in [0.2, 0.25) is 5.91 Å². The molecular weight excluding hydrogens is 447 g/mol. The number of alkyl halides is 3. The number of urea groups is 1. The number of likely N-dealkylation sites (tertiary alicyclic amines) is 1. The fourth-order valence-electron chi connectivity index (χ4n) is 4.63. The van der Waals surface area contributed by atoms with Crippen molar-refractivity contribution in [2.75, 3.05) is 31.6 Å². The van der Waals surface area contributed by atoms with Crippen molar-refractivity contribution in [1.82, 2.24) is 10.2 Å². The zero-order chi connectivity index (χ0) is 24.2. The van der Waals surface area contributed by atoms with Crippen LogP contribution in [0, 0.1) is 0 Å². The van der Waals surface area contributed by atoms with Crippen molar-refractivity contribution in [2.45, 2.75) is 43.3 Å². The molecule has 3 amide bonds. The molecule has 2 aliphatic rings. The Hall–Kier alpha value is -3.07. The minimum atomic E-state index is -4.48. The molecule has 0 unspecified atom stereocenters. The zero-order valence-electron chi connectivity index (χ0n) is 18.7. The summed E-state index contributed by atoms with van der Waals surface area (Å²) in [5.41, 5.74) is -0.754. The molecule has 2 N–H and O–H groups in total. The molecule has 34 heavy (non-hydrogen) atoms. The minimum absolute atomic E-state index is 0.154. The Balaban J connectivity index is 1.41. The highest BCUT2D eigenvalue weighted by molar-refractivity contribution is 5.90. The van der Waals surface area contributed by atoms with Crippen molar-refractivity contribution < 1.29 is 27.5 Å². The number of carbonyl (C=O) groups is 2. The number of amides is 3. The summed E-state index contributed by atoms with van der Waals surface area (Å²) in [5, 5.41) is 5.92. The number of nitrogens with zero attached hydrogens (tertiary/aromatic N) is 1. The van der Waals surface area contributed by atoms with Gasteiger partial charge in [-0.25, -0.2) is 4.79 Å². The largest absolute Gasteiger partial charge is 0.416 e. The Morgan fingerprint density at radius 1 is 0.971 bits per heavy atom. The van der Waals surface area contributed by atoms with Gasteiger partial charge in [0.15, 0.2) is 0 Å². The topological polar surface area (TPSA) is 70.7 Å². The lowest BCUT2D eigenvalue weighted by molar-refractivity contribution is -0.138. The molecule has 0 radical (unpaired) electrons. The van der Waals surface area contributed by atoms with Crippen LogP contribution in [0.5, 0.6) is 0 Å². The molecule has 2 saturated heterocycles. The predicted octanol–water partition coefficient (Wildman–Crippen LogP) is 4.57. The van der Waals surface area contributed by atoms with Gasteiger partial charge in [-0.15, -0.1) is 0 Å². The maximum atomic E-state index is 13.5. The first kappa shape index (κ1) is 24.1. The predicted molar refractivity (Wildman–Crippen MR) is 121 cm³/mol. The van der Waals surface area contributed by atoms with E-state index in [1.165, 1.54) is 6.07 Å². The number of carbonyl (C=O) groups excluding carboxylic acids is 2. The van der Waals surface area contributed by atoms with Crippen LogP contribution in [0.4, 0.5) is 23.7 Å². The van der Waals surface area contributed by atoms with Crippen LogP contribution in [0.3, 0.4) is 0 Å². The number of hydrogen-bond donors (Lipinski definition) is 2. The molecule has 6 nitrogen and oxygen atoms in total. The van der Waals surface area contributed by atoms with Crippen LogP contribution in [-0.2, 0) is 21.1 Å². The standard InChI is InChI=1S/C25H28F3N3O3/c26-25(27,28)19-6-4-5-18(17-19)24(11-15-34-16-12-24)22(32)29-21-9-13-31(14-10-21)23(33)30-20-7-2-1-3-8-20/h1-8,17,21H,9-16H2,(H,29,32)(H,30,33). The lowest BCUT2D eigenvalue weighted by Crippen LogP contribution is -2.54. The van der Waals surface area contributed by atoms with Gasteiger partial charge in [0.1, 0.15) is 0 Å². The van der Waals surface area contributed by atoms with Gasteiger partial charge in [0, 0.05) is 38.0 Å². The number of para-hydroxylation sites is 1. The number of ether oxygens (including phenoxy) is 1. The van der Waals surface area contributed by atoms with E-state index < -0.39 is 17.2 Å². The molecule has 2 aliphatic heterocycles. The van der Waals surface area contributed by atoms with E-state index in [2.05, 4.69) is 10.6 Å².